The first-order valence-electron chi connectivity index (χ1n) is 7.02. The summed E-state index contributed by atoms with van der Waals surface area (Å²) in [6.07, 6.45) is 5.41. The van der Waals surface area contributed by atoms with Crippen LogP contribution < -0.4 is 0 Å². The molecule has 0 spiro atoms. The third-order valence-corrected chi connectivity index (χ3v) is 5.18. The number of hydrogen-bond acceptors (Lipinski definition) is 4. The largest absolute Gasteiger partial charge is 0.276 e. The molecule has 5 heteroatoms. The fourth-order valence-electron chi connectivity index (χ4n) is 2.85. The summed E-state index contributed by atoms with van der Waals surface area (Å²) in [4.78, 5) is 30.6. The number of rotatable bonds is 3. The Morgan fingerprint density at radius 2 is 1.85 bits per heavy atom. The van der Waals surface area contributed by atoms with Crippen LogP contribution in [0.4, 0.5) is 0 Å². The number of amides is 2. The first kappa shape index (κ1) is 13.5. The van der Waals surface area contributed by atoms with Gasteiger partial charge in [0.25, 0.3) is 0 Å². The van der Waals surface area contributed by atoms with E-state index in [1.54, 1.807) is 11.3 Å². The molecule has 0 N–H and O–H groups in total. The van der Waals surface area contributed by atoms with Crippen LogP contribution in [0.15, 0.2) is 17.5 Å². The Bertz CT molecular complexity index is 550. The summed E-state index contributed by atoms with van der Waals surface area (Å²) in [5.41, 5.74) is 0.826. The average Bonchev–Trinajstić information content (AvgIpc) is 3.00. The van der Waals surface area contributed by atoms with Gasteiger partial charge in [0.05, 0.1) is 29.1 Å². The number of carbonyl (C=O) groups excluding carboxylic acids is 2. The van der Waals surface area contributed by atoms with E-state index >= 15 is 0 Å². The highest BCUT2D eigenvalue weighted by atomic mass is 32.1. The van der Waals surface area contributed by atoms with Gasteiger partial charge in [-0.3, -0.25) is 14.5 Å². The molecule has 3 rings (SSSR count). The number of likely N-dealkylation sites (tertiary alicyclic amines) is 1. The lowest BCUT2D eigenvalue weighted by atomic mass is 9.85. The molecule has 0 radical (unpaired) electrons. The van der Waals surface area contributed by atoms with Gasteiger partial charge in [-0.05, 0) is 12.8 Å². The van der Waals surface area contributed by atoms with E-state index in [9.17, 15) is 9.59 Å². The van der Waals surface area contributed by atoms with E-state index in [0.29, 0.717) is 25.3 Å². The normalized spacial score (nSPS) is 25.6. The van der Waals surface area contributed by atoms with Crippen LogP contribution in [-0.4, -0.2) is 21.7 Å². The molecule has 1 aliphatic carbocycles. The first-order valence-corrected chi connectivity index (χ1v) is 7.90. The third-order valence-electron chi connectivity index (χ3n) is 3.98. The summed E-state index contributed by atoms with van der Waals surface area (Å²) in [6, 6.07) is 0. The number of allylic oxidation sites excluding steroid dienone is 2. The molecule has 2 atom stereocenters. The minimum atomic E-state index is -0.143. The molecule has 1 aromatic rings. The van der Waals surface area contributed by atoms with Crippen molar-refractivity contribution in [2.45, 2.75) is 39.2 Å². The van der Waals surface area contributed by atoms with Crippen molar-refractivity contribution in [3.05, 3.63) is 28.2 Å². The molecule has 0 bridgehead atoms. The van der Waals surface area contributed by atoms with Crippen LogP contribution in [0.1, 0.15) is 43.3 Å². The molecule has 4 nitrogen and oxygen atoms in total. The van der Waals surface area contributed by atoms with Crippen LogP contribution in [0.5, 0.6) is 0 Å². The zero-order chi connectivity index (χ0) is 14.3. The van der Waals surface area contributed by atoms with Gasteiger partial charge in [0.15, 0.2) is 0 Å². The number of thiazole rings is 1. The fourth-order valence-corrected chi connectivity index (χ4v) is 3.67. The van der Waals surface area contributed by atoms with Gasteiger partial charge < -0.3 is 0 Å². The Hall–Kier alpha value is -1.49. The summed E-state index contributed by atoms with van der Waals surface area (Å²) >= 11 is 1.60. The lowest BCUT2D eigenvalue weighted by Gasteiger charge is -2.14. The zero-order valence-corrected chi connectivity index (χ0v) is 12.5. The maximum Gasteiger partial charge on any atom is 0.233 e. The molecule has 0 saturated carbocycles. The summed E-state index contributed by atoms with van der Waals surface area (Å²) in [5, 5.41) is 3.01. The van der Waals surface area contributed by atoms with E-state index < -0.39 is 0 Å². The van der Waals surface area contributed by atoms with Gasteiger partial charge >= 0.3 is 0 Å². The minimum absolute atomic E-state index is 0.0246. The molecule has 1 aromatic heterocycles. The Kier molecular flexibility index (Phi) is 3.46. The molecule has 2 unspecified atom stereocenters. The van der Waals surface area contributed by atoms with Crippen molar-refractivity contribution in [2.75, 3.05) is 0 Å². The summed E-state index contributed by atoms with van der Waals surface area (Å²) < 4.78 is 0. The fraction of sp³-hybridized carbons (Fsp3) is 0.533. The smallest absolute Gasteiger partial charge is 0.233 e. The van der Waals surface area contributed by atoms with Crippen LogP contribution in [0, 0.1) is 11.8 Å². The molecule has 2 heterocycles. The highest BCUT2D eigenvalue weighted by molar-refractivity contribution is 7.09. The summed E-state index contributed by atoms with van der Waals surface area (Å²) in [7, 11) is 0. The van der Waals surface area contributed by atoms with Gasteiger partial charge in [-0.1, -0.05) is 26.0 Å². The zero-order valence-electron chi connectivity index (χ0n) is 11.7. The predicted octanol–water partition coefficient (Wildman–Crippen LogP) is 2.72. The van der Waals surface area contributed by atoms with Crippen molar-refractivity contribution >= 4 is 23.2 Å². The Morgan fingerprint density at radius 1 is 1.25 bits per heavy atom. The van der Waals surface area contributed by atoms with Gasteiger partial charge in [-0.25, -0.2) is 4.98 Å². The predicted molar refractivity (Wildman–Crippen MR) is 77.1 cm³/mol. The lowest BCUT2D eigenvalue weighted by molar-refractivity contribution is -0.140. The molecule has 1 fully saturated rings. The quantitative estimate of drug-likeness (QED) is 0.635. The van der Waals surface area contributed by atoms with Crippen molar-refractivity contribution in [2.24, 2.45) is 11.8 Å². The van der Waals surface area contributed by atoms with Crippen molar-refractivity contribution in [3.8, 4) is 0 Å². The van der Waals surface area contributed by atoms with E-state index in [4.69, 9.17) is 0 Å². The van der Waals surface area contributed by atoms with Crippen LogP contribution in [0.2, 0.25) is 0 Å². The molecule has 2 amide bonds. The standard InChI is InChI=1S/C15H18N2O2S/c1-9(2)13-16-10(8-20-13)7-17-14(18)11-5-3-4-6-12(11)15(17)19/h3-4,8-9,11-12H,5-7H2,1-2H3. The number of hydrogen-bond donors (Lipinski definition) is 0. The Labute approximate surface area is 122 Å². The number of aromatic nitrogens is 1. The van der Waals surface area contributed by atoms with Crippen LogP contribution >= 0.6 is 11.3 Å². The van der Waals surface area contributed by atoms with E-state index in [-0.39, 0.29) is 23.7 Å². The topological polar surface area (TPSA) is 50.3 Å². The highest BCUT2D eigenvalue weighted by Crippen LogP contribution is 2.35. The van der Waals surface area contributed by atoms with Crippen molar-refractivity contribution in [1.29, 1.82) is 0 Å². The van der Waals surface area contributed by atoms with E-state index in [0.717, 1.165) is 10.7 Å². The molecule has 1 saturated heterocycles. The molecule has 0 aromatic carbocycles. The van der Waals surface area contributed by atoms with Gasteiger partial charge in [-0.2, -0.15) is 0 Å². The van der Waals surface area contributed by atoms with Gasteiger partial charge in [-0.15, -0.1) is 11.3 Å². The molecule has 1 aliphatic heterocycles. The maximum absolute atomic E-state index is 12.3. The number of fused-ring (bicyclic) bond motifs is 1. The second kappa shape index (κ2) is 5.13. The first-order chi connectivity index (χ1) is 9.58. The van der Waals surface area contributed by atoms with Crippen LogP contribution in [-0.2, 0) is 16.1 Å². The van der Waals surface area contributed by atoms with Gasteiger partial charge in [0.2, 0.25) is 11.8 Å². The number of nitrogens with zero attached hydrogens (tertiary/aromatic N) is 2. The molecule has 20 heavy (non-hydrogen) atoms. The number of imide groups is 1. The molecule has 106 valence electrons. The van der Waals surface area contributed by atoms with E-state index in [1.165, 1.54) is 4.90 Å². The number of carbonyl (C=O) groups is 2. The van der Waals surface area contributed by atoms with Gasteiger partial charge in [0.1, 0.15) is 0 Å². The van der Waals surface area contributed by atoms with Gasteiger partial charge in [0, 0.05) is 11.3 Å². The van der Waals surface area contributed by atoms with Crippen LogP contribution in [0.3, 0.4) is 0 Å². The highest BCUT2D eigenvalue weighted by Gasteiger charge is 2.47. The Morgan fingerprint density at radius 3 is 2.35 bits per heavy atom. The third kappa shape index (κ3) is 2.20. The van der Waals surface area contributed by atoms with Crippen molar-refractivity contribution in [3.63, 3.8) is 0 Å². The molecule has 2 aliphatic rings. The lowest BCUT2D eigenvalue weighted by Crippen LogP contribution is -2.30. The maximum atomic E-state index is 12.3. The van der Waals surface area contributed by atoms with Crippen molar-refractivity contribution in [1.82, 2.24) is 9.88 Å². The van der Waals surface area contributed by atoms with Crippen molar-refractivity contribution < 1.29 is 9.59 Å². The summed E-state index contributed by atoms with van der Waals surface area (Å²) in [6.45, 7) is 4.51. The van der Waals surface area contributed by atoms with E-state index in [1.807, 2.05) is 17.5 Å². The second-order valence-corrected chi connectivity index (χ2v) is 6.64. The van der Waals surface area contributed by atoms with Crippen LogP contribution in [0.25, 0.3) is 0 Å². The molecular weight excluding hydrogens is 272 g/mol. The van der Waals surface area contributed by atoms with E-state index in [2.05, 4.69) is 18.8 Å². The average molecular weight is 290 g/mol. The monoisotopic (exact) mass is 290 g/mol. The SMILES string of the molecule is CC(C)c1nc(CN2C(=O)C3CC=CCC3C2=O)cs1. The minimum Gasteiger partial charge on any atom is -0.276 e. The summed E-state index contributed by atoms with van der Waals surface area (Å²) in [5.74, 6) is 0.0452. The second-order valence-electron chi connectivity index (χ2n) is 5.75. The Balaban J connectivity index is 1.77. The molecular formula is C15H18N2O2S.